The van der Waals surface area contributed by atoms with Crippen molar-refractivity contribution in [2.45, 2.75) is 6.18 Å². The summed E-state index contributed by atoms with van der Waals surface area (Å²) in [6, 6.07) is 2.40. The van der Waals surface area contributed by atoms with Gasteiger partial charge in [-0.15, -0.1) is 0 Å². The first kappa shape index (κ1) is 13.2. The third-order valence-corrected chi connectivity index (χ3v) is 2.38. The lowest BCUT2D eigenvalue weighted by atomic mass is 10.2. The number of benzene rings is 1. The van der Waals surface area contributed by atoms with E-state index < -0.39 is 17.7 Å². The molecule has 1 heterocycles. The molecule has 102 valence electrons. The Bertz CT molecular complexity index is 678. The van der Waals surface area contributed by atoms with E-state index in [2.05, 4.69) is 9.40 Å². The van der Waals surface area contributed by atoms with E-state index in [1.165, 1.54) is 26.4 Å². The van der Waals surface area contributed by atoms with E-state index in [0.29, 0.717) is 0 Å². The molecular formula is C11H8F3NO4. The lowest BCUT2D eigenvalue weighted by Crippen LogP contribution is -2.14. The predicted octanol–water partition coefficient (Wildman–Crippen LogP) is 2.22. The number of halogens is 3. The van der Waals surface area contributed by atoms with Crippen LogP contribution in [0.5, 0.6) is 11.5 Å². The first-order valence-corrected chi connectivity index (χ1v) is 5.01. The average Bonchev–Trinajstić information content (AvgIpc) is 2.36. The molecule has 0 saturated heterocycles. The number of alkyl halides is 3. The fourth-order valence-electron chi connectivity index (χ4n) is 1.52. The minimum absolute atomic E-state index is 0.120. The summed E-state index contributed by atoms with van der Waals surface area (Å²) in [4.78, 5) is 14.8. The average molecular weight is 275 g/mol. The molecule has 1 aromatic heterocycles. The summed E-state index contributed by atoms with van der Waals surface area (Å²) in [5, 5.41) is -0.120. The van der Waals surface area contributed by atoms with Gasteiger partial charge in [-0.3, -0.25) is 0 Å². The van der Waals surface area contributed by atoms with Crippen LogP contribution in [0.4, 0.5) is 13.2 Å². The third kappa shape index (κ3) is 2.33. The molecule has 8 heteroatoms. The molecule has 0 aliphatic heterocycles. The molecule has 0 saturated carbocycles. The van der Waals surface area contributed by atoms with E-state index in [1.54, 1.807) is 0 Å². The van der Waals surface area contributed by atoms with Gasteiger partial charge in [0.05, 0.1) is 25.1 Å². The highest BCUT2D eigenvalue weighted by molar-refractivity contribution is 5.81. The zero-order valence-electron chi connectivity index (χ0n) is 9.87. The first-order valence-electron chi connectivity index (χ1n) is 5.01. The molecule has 0 fully saturated rings. The van der Waals surface area contributed by atoms with Gasteiger partial charge < -0.3 is 13.9 Å². The van der Waals surface area contributed by atoms with Crippen LogP contribution >= 0.6 is 0 Å². The number of ether oxygens (including phenoxy) is 2. The highest BCUT2D eigenvalue weighted by Crippen LogP contribution is 2.32. The van der Waals surface area contributed by atoms with E-state index in [0.717, 1.165) is 0 Å². The second kappa shape index (κ2) is 4.45. The van der Waals surface area contributed by atoms with Crippen molar-refractivity contribution in [1.82, 2.24) is 4.98 Å². The SMILES string of the molecule is COc1cc2nc(C(F)(F)F)oc(=O)c2cc1OC. The largest absolute Gasteiger partial charge is 0.493 e. The Morgan fingerprint density at radius 2 is 1.74 bits per heavy atom. The lowest BCUT2D eigenvalue weighted by Gasteiger charge is -2.09. The highest BCUT2D eigenvalue weighted by Gasteiger charge is 2.37. The van der Waals surface area contributed by atoms with Crippen LogP contribution < -0.4 is 15.1 Å². The molecule has 0 aliphatic carbocycles. The summed E-state index contributed by atoms with van der Waals surface area (Å²) in [5.74, 6) is -1.23. The van der Waals surface area contributed by atoms with Gasteiger partial charge in [0.15, 0.2) is 11.5 Å². The number of rotatable bonds is 2. The molecule has 2 aromatic rings. The Morgan fingerprint density at radius 1 is 1.16 bits per heavy atom. The van der Waals surface area contributed by atoms with Gasteiger partial charge >= 0.3 is 17.7 Å². The van der Waals surface area contributed by atoms with Crippen molar-refractivity contribution < 1.29 is 27.1 Å². The Labute approximate surface area is 104 Å². The van der Waals surface area contributed by atoms with Crippen LogP contribution in [0, 0.1) is 0 Å². The standard InChI is InChI=1S/C11H8F3NO4/c1-17-7-3-5-6(4-8(7)18-2)15-10(11(12,13)14)19-9(5)16/h3-4H,1-2H3. The van der Waals surface area contributed by atoms with Crippen molar-refractivity contribution in [3.05, 3.63) is 28.4 Å². The third-order valence-electron chi connectivity index (χ3n) is 2.38. The molecule has 0 bridgehead atoms. The zero-order valence-corrected chi connectivity index (χ0v) is 9.87. The lowest BCUT2D eigenvalue weighted by molar-refractivity contribution is -0.158. The molecule has 19 heavy (non-hydrogen) atoms. The first-order chi connectivity index (χ1) is 8.86. The molecule has 2 rings (SSSR count). The Morgan fingerprint density at radius 3 is 2.26 bits per heavy atom. The van der Waals surface area contributed by atoms with E-state index in [1.807, 2.05) is 0 Å². The Kier molecular flexibility index (Phi) is 3.09. The molecule has 0 spiro atoms. The van der Waals surface area contributed by atoms with Gasteiger partial charge in [0.1, 0.15) is 0 Å². The summed E-state index contributed by atoms with van der Waals surface area (Å²) in [5.41, 5.74) is -1.32. The molecule has 0 unspecified atom stereocenters. The van der Waals surface area contributed by atoms with Gasteiger partial charge in [-0.1, -0.05) is 0 Å². The van der Waals surface area contributed by atoms with E-state index >= 15 is 0 Å². The molecule has 0 aliphatic rings. The topological polar surface area (TPSA) is 61.6 Å². The van der Waals surface area contributed by atoms with Crippen molar-refractivity contribution in [3.63, 3.8) is 0 Å². The molecule has 0 amide bonds. The van der Waals surface area contributed by atoms with Crippen LogP contribution in [-0.2, 0) is 6.18 Å². The van der Waals surface area contributed by atoms with Gasteiger partial charge in [0.2, 0.25) is 0 Å². The molecule has 0 atom stereocenters. The second-order valence-corrected chi connectivity index (χ2v) is 3.53. The Hall–Kier alpha value is -2.25. The number of methoxy groups -OCH3 is 2. The fraction of sp³-hybridized carbons (Fsp3) is 0.273. The summed E-state index contributed by atoms with van der Waals surface area (Å²) in [6.45, 7) is 0. The highest BCUT2D eigenvalue weighted by atomic mass is 19.4. The van der Waals surface area contributed by atoms with Crippen LogP contribution in [-0.4, -0.2) is 19.2 Å². The molecule has 1 aromatic carbocycles. The van der Waals surface area contributed by atoms with Gasteiger partial charge in [-0.2, -0.15) is 13.2 Å². The van der Waals surface area contributed by atoms with Crippen LogP contribution in [0.25, 0.3) is 10.9 Å². The fourth-order valence-corrected chi connectivity index (χ4v) is 1.52. The monoisotopic (exact) mass is 275 g/mol. The van der Waals surface area contributed by atoms with Gasteiger partial charge in [0.25, 0.3) is 0 Å². The molecular weight excluding hydrogens is 267 g/mol. The maximum atomic E-state index is 12.5. The van der Waals surface area contributed by atoms with Gasteiger partial charge in [-0.25, -0.2) is 9.78 Å². The molecule has 0 radical (unpaired) electrons. The Balaban J connectivity index is 2.78. The smallest absolute Gasteiger partial charge is 0.469 e. The minimum atomic E-state index is -4.83. The van der Waals surface area contributed by atoms with Crippen molar-refractivity contribution in [2.75, 3.05) is 14.2 Å². The second-order valence-electron chi connectivity index (χ2n) is 3.53. The molecule has 5 nitrogen and oxygen atoms in total. The number of hydrogen-bond acceptors (Lipinski definition) is 5. The number of fused-ring (bicyclic) bond motifs is 1. The quantitative estimate of drug-likeness (QED) is 0.841. The van der Waals surface area contributed by atoms with Crippen LogP contribution in [0.15, 0.2) is 21.3 Å². The maximum Gasteiger partial charge on any atom is 0.469 e. The van der Waals surface area contributed by atoms with Crippen LogP contribution in [0.1, 0.15) is 5.89 Å². The van der Waals surface area contributed by atoms with Crippen LogP contribution in [0.2, 0.25) is 0 Å². The summed E-state index contributed by atoms with van der Waals surface area (Å²) in [7, 11) is 2.66. The molecule has 0 N–H and O–H groups in total. The maximum absolute atomic E-state index is 12.5. The number of nitrogens with zero attached hydrogens (tertiary/aromatic N) is 1. The van der Waals surface area contributed by atoms with Crippen LogP contribution in [0.3, 0.4) is 0 Å². The zero-order chi connectivity index (χ0) is 14.2. The van der Waals surface area contributed by atoms with E-state index in [-0.39, 0.29) is 22.4 Å². The van der Waals surface area contributed by atoms with Crippen molar-refractivity contribution in [2.24, 2.45) is 0 Å². The summed E-state index contributed by atoms with van der Waals surface area (Å²) in [6.07, 6.45) is -4.83. The minimum Gasteiger partial charge on any atom is -0.493 e. The van der Waals surface area contributed by atoms with Crippen molar-refractivity contribution in [1.29, 1.82) is 0 Å². The predicted molar refractivity (Wildman–Crippen MR) is 58.4 cm³/mol. The number of aromatic nitrogens is 1. The van der Waals surface area contributed by atoms with Crippen molar-refractivity contribution in [3.8, 4) is 11.5 Å². The number of hydrogen-bond donors (Lipinski definition) is 0. The summed E-state index contributed by atoms with van der Waals surface area (Å²) < 4.78 is 51.4. The van der Waals surface area contributed by atoms with E-state index in [4.69, 9.17) is 9.47 Å². The van der Waals surface area contributed by atoms with Gasteiger partial charge in [0, 0.05) is 12.1 Å². The van der Waals surface area contributed by atoms with Crippen molar-refractivity contribution >= 4 is 10.9 Å². The summed E-state index contributed by atoms with van der Waals surface area (Å²) >= 11 is 0. The van der Waals surface area contributed by atoms with Gasteiger partial charge in [-0.05, 0) is 0 Å². The van der Waals surface area contributed by atoms with E-state index in [9.17, 15) is 18.0 Å². The normalized spacial score (nSPS) is 11.6.